The van der Waals surface area contributed by atoms with Gasteiger partial charge in [-0.3, -0.25) is 4.79 Å². The van der Waals surface area contributed by atoms with E-state index in [0.717, 1.165) is 30.1 Å². The minimum Gasteiger partial charge on any atom is -0.298 e. The highest BCUT2D eigenvalue weighted by Gasteiger charge is 2.12. The molecule has 1 nitrogen and oxygen atoms in total. The van der Waals surface area contributed by atoms with Gasteiger partial charge < -0.3 is 0 Å². The van der Waals surface area contributed by atoms with Crippen molar-refractivity contribution in [1.29, 1.82) is 0 Å². The van der Waals surface area contributed by atoms with Crippen molar-refractivity contribution in [2.45, 2.75) is 12.8 Å². The third-order valence-electron chi connectivity index (χ3n) is 3.21. The van der Waals surface area contributed by atoms with Gasteiger partial charge >= 0.3 is 0 Å². The van der Waals surface area contributed by atoms with Crippen LogP contribution in [0.25, 0.3) is 16.8 Å². The second-order valence-electron chi connectivity index (χ2n) is 4.14. The lowest BCUT2D eigenvalue weighted by Gasteiger charge is -2.15. The van der Waals surface area contributed by atoms with Gasteiger partial charge in [-0.25, -0.2) is 0 Å². The molecule has 2 aromatic rings. The average Bonchev–Trinajstić information content (AvgIpc) is 2.38. The zero-order chi connectivity index (χ0) is 11.0. The van der Waals surface area contributed by atoms with E-state index in [1.54, 1.807) is 0 Å². The van der Waals surface area contributed by atoms with Crippen LogP contribution in [0.2, 0.25) is 0 Å². The Hall–Kier alpha value is -1.89. The van der Waals surface area contributed by atoms with Crippen LogP contribution >= 0.6 is 0 Å². The highest BCUT2D eigenvalue weighted by atomic mass is 16.1. The third kappa shape index (κ3) is 1.28. The van der Waals surface area contributed by atoms with Gasteiger partial charge in [0.15, 0.2) is 0 Å². The lowest BCUT2D eigenvalue weighted by Crippen LogP contribution is -2.00. The van der Waals surface area contributed by atoms with Gasteiger partial charge in [-0.1, -0.05) is 36.4 Å². The Labute approximate surface area is 94.4 Å². The van der Waals surface area contributed by atoms with Crippen LogP contribution in [0.4, 0.5) is 0 Å². The molecule has 0 spiro atoms. The van der Waals surface area contributed by atoms with Crippen LogP contribution in [0, 0.1) is 0 Å². The maximum absolute atomic E-state index is 11.1. The first-order valence-electron chi connectivity index (χ1n) is 5.56. The number of allylic oxidation sites excluding steroid dienone is 1. The number of aldehydes is 1. The van der Waals surface area contributed by atoms with Gasteiger partial charge in [0.2, 0.25) is 0 Å². The highest BCUT2D eigenvalue weighted by Crippen LogP contribution is 2.30. The van der Waals surface area contributed by atoms with E-state index < -0.39 is 0 Å². The number of carbonyl (C=O) groups is 1. The molecule has 0 saturated heterocycles. The van der Waals surface area contributed by atoms with Gasteiger partial charge in [0.1, 0.15) is 6.29 Å². The Bertz CT molecular complexity index is 594. The predicted molar refractivity (Wildman–Crippen MR) is 66.7 cm³/mol. The summed E-state index contributed by atoms with van der Waals surface area (Å²) in [7, 11) is 0. The van der Waals surface area contributed by atoms with Gasteiger partial charge in [-0.2, -0.15) is 0 Å². The van der Waals surface area contributed by atoms with Crippen molar-refractivity contribution >= 4 is 23.1 Å². The van der Waals surface area contributed by atoms with Gasteiger partial charge in [0.05, 0.1) is 0 Å². The van der Waals surface area contributed by atoms with Crippen LogP contribution < -0.4 is 0 Å². The molecule has 0 N–H and O–H groups in total. The van der Waals surface area contributed by atoms with Crippen molar-refractivity contribution < 1.29 is 4.79 Å². The Balaban J connectivity index is 2.46. The molecule has 0 heterocycles. The summed E-state index contributed by atoms with van der Waals surface area (Å²) in [5, 5.41) is 2.40. The first-order chi connectivity index (χ1) is 7.90. The molecule has 0 atom stereocenters. The molecule has 0 fully saturated rings. The minimum absolute atomic E-state index is 0.845. The smallest absolute Gasteiger partial charge is 0.150 e. The van der Waals surface area contributed by atoms with Gasteiger partial charge in [0, 0.05) is 5.56 Å². The van der Waals surface area contributed by atoms with E-state index in [1.165, 1.54) is 16.5 Å². The maximum atomic E-state index is 11.1. The lowest BCUT2D eigenvalue weighted by atomic mass is 9.89. The summed E-state index contributed by atoms with van der Waals surface area (Å²) >= 11 is 0. The normalized spacial score (nSPS) is 13.8. The largest absolute Gasteiger partial charge is 0.298 e. The van der Waals surface area contributed by atoms with Crippen LogP contribution in [-0.4, -0.2) is 6.29 Å². The Kier molecular flexibility index (Phi) is 2.10. The maximum Gasteiger partial charge on any atom is 0.150 e. The summed E-state index contributed by atoms with van der Waals surface area (Å²) in [4.78, 5) is 11.1. The summed E-state index contributed by atoms with van der Waals surface area (Å²) in [5.74, 6) is 0. The molecule has 0 saturated carbocycles. The molecule has 3 rings (SSSR count). The molecule has 1 heteroatoms. The fraction of sp³-hybridized carbons (Fsp3) is 0.133. The number of benzene rings is 2. The number of rotatable bonds is 1. The number of hydrogen-bond acceptors (Lipinski definition) is 1. The highest BCUT2D eigenvalue weighted by molar-refractivity contribution is 5.97. The third-order valence-corrected chi connectivity index (χ3v) is 3.21. The molecule has 78 valence electrons. The molecule has 0 aliphatic heterocycles. The second kappa shape index (κ2) is 3.60. The van der Waals surface area contributed by atoms with Crippen molar-refractivity contribution in [1.82, 2.24) is 0 Å². The molecule has 0 aromatic heterocycles. The van der Waals surface area contributed by atoms with Crippen LogP contribution in [-0.2, 0) is 6.42 Å². The number of fused-ring (bicyclic) bond motifs is 3. The Morgan fingerprint density at radius 2 is 2.06 bits per heavy atom. The molecular formula is C15H12O. The summed E-state index contributed by atoms with van der Waals surface area (Å²) in [6, 6.07) is 10.2. The van der Waals surface area contributed by atoms with Crippen LogP contribution in [0.3, 0.4) is 0 Å². The van der Waals surface area contributed by atoms with E-state index in [1.807, 2.05) is 18.2 Å². The monoisotopic (exact) mass is 208 g/mol. The molecule has 1 aliphatic carbocycles. The fourth-order valence-electron chi connectivity index (χ4n) is 2.44. The standard InChI is InChI=1S/C15H12O/c16-10-12-9-11-5-1-2-6-13(11)15-8-4-3-7-14(12)15/h1-2,4-6,8-10H,3,7H2. The van der Waals surface area contributed by atoms with Gasteiger partial charge in [0.25, 0.3) is 0 Å². The molecule has 0 unspecified atom stereocenters. The summed E-state index contributed by atoms with van der Waals surface area (Å²) in [5.41, 5.74) is 3.28. The van der Waals surface area contributed by atoms with Crippen molar-refractivity contribution in [3.05, 3.63) is 53.1 Å². The lowest BCUT2D eigenvalue weighted by molar-refractivity contribution is 0.112. The quantitative estimate of drug-likeness (QED) is 0.654. The first-order valence-corrected chi connectivity index (χ1v) is 5.56. The second-order valence-corrected chi connectivity index (χ2v) is 4.14. The Morgan fingerprint density at radius 3 is 2.94 bits per heavy atom. The van der Waals surface area contributed by atoms with Gasteiger partial charge in [-0.15, -0.1) is 0 Å². The summed E-state index contributed by atoms with van der Waals surface area (Å²) in [6.07, 6.45) is 7.32. The zero-order valence-corrected chi connectivity index (χ0v) is 8.94. The molecule has 16 heavy (non-hydrogen) atoms. The van der Waals surface area contributed by atoms with Crippen molar-refractivity contribution in [3.63, 3.8) is 0 Å². The van der Waals surface area contributed by atoms with E-state index >= 15 is 0 Å². The van der Waals surface area contributed by atoms with Crippen LogP contribution in [0.15, 0.2) is 36.4 Å². The predicted octanol–water partition coefficient (Wildman–Crippen LogP) is 3.61. The molecule has 2 aromatic carbocycles. The molecule has 0 bridgehead atoms. The molecule has 0 amide bonds. The van der Waals surface area contributed by atoms with E-state index in [0.29, 0.717) is 0 Å². The average molecular weight is 208 g/mol. The van der Waals surface area contributed by atoms with E-state index in [9.17, 15) is 4.79 Å². The minimum atomic E-state index is 0.845. The SMILES string of the molecule is O=Cc1cc2ccccc2c2c1CCC=C2. The van der Waals surface area contributed by atoms with E-state index in [-0.39, 0.29) is 0 Å². The van der Waals surface area contributed by atoms with Crippen molar-refractivity contribution in [3.8, 4) is 0 Å². The first kappa shape index (κ1) is 9.34. The molecular weight excluding hydrogens is 196 g/mol. The molecule has 1 aliphatic rings. The summed E-state index contributed by atoms with van der Waals surface area (Å²) < 4.78 is 0. The topological polar surface area (TPSA) is 17.1 Å². The van der Waals surface area contributed by atoms with Crippen LogP contribution in [0.1, 0.15) is 27.9 Å². The Morgan fingerprint density at radius 1 is 1.19 bits per heavy atom. The van der Waals surface area contributed by atoms with Crippen LogP contribution in [0.5, 0.6) is 0 Å². The van der Waals surface area contributed by atoms with Crippen molar-refractivity contribution in [2.75, 3.05) is 0 Å². The van der Waals surface area contributed by atoms with E-state index in [2.05, 4.69) is 24.3 Å². The fourth-order valence-corrected chi connectivity index (χ4v) is 2.44. The van der Waals surface area contributed by atoms with Gasteiger partial charge in [-0.05, 0) is 40.8 Å². The van der Waals surface area contributed by atoms with E-state index in [4.69, 9.17) is 0 Å². The van der Waals surface area contributed by atoms with Crippen molar-refractivity contribution in [2.24, 2.45) is 0 Å². The zero-order valence-electron chi connectivity index (χ0n) is 8.94. The number of carbonyl (C=O) groups excluding carboxylic acids is 1. The summed E-state index contributed by atoms with van der Waals surface area (Å²) in [6.45, 7) is 0. The number of hydrogen-bond donors (Lipinski definition) is 0. The molecule has 0 radical (unpaired) electrons.